The predicted octanol–water partition coefficient (Wildman–Crippen LogP) is 3.67. The zero-order valence-electron chi connectivity index (χ0n) is 21.5. The fourth-order valence-electron chi connectivity index (χ4n) is 5.78. The molecule has 2 aliphatic heterocycles. The first-order valence-electron chi connectivity index (χ1n) is 12.9. The zero-order chi connectivity index (χ0) is 26.7. The van der Waals surface area contributed by atoms with Crippen LogP contribution in [0.5, 0.6) is 0 Å². The minimum atomic E-state index is -0.726. The molecule has 1 spiro atoms. The van der Waals surface area contributed by atoms with Crippen LogP contribution in [0.1, 0.15) is 49.0 Å². The molecule has 2 fully saturated rings. The normalized spacial score (nSPS) is 21.2. The van der Waals surface area contributed by atoms with Gasteiger partial charge in [0.25, 0.3) is 0 Å². The van der Waals surface area contributed by atoms with E-state index in [-0.39, 0.29) is 24.0 Å². The fraction of sp³-hybridized carbons (Fsp3) is 0.538. The van der Waals surface area contributed by atoms with Gasteiger partial charge < -0.3 is 25.7 Å². The Kier molecular flexibility index (Phi) is 6.81. The average Bonchev–Trinajstić information content (AvgIpc) is 3.41. The Morgan fingerprint density at radius 1 is 1.18 bits per heavy atom. The Bertz CT molecular complexity index is 1330. The number of aromatic nitrogens is 4. The number of nitrogens with zero attached hydrogens (tertiary/aromatic N) is 6. The molecule has 12 heteroatoms. The van der Waals surface area contributed by atoms with Crippen LogP contribution in [0.4, 0.5) is 11.6 Å². The molecule has 0 unspecified atom stereocenters. The van der Waals surface area contributed by atoms with Gasteiger partial charge in [0.2, 0.25) is 0 Å². The van der Waals surface area contributed by atoms with Gasteiger partial charge in [0.05, 0.1) is 40.7 Å². The molecule has 3 aromatic rings. The number of thiazole rings is 1. The maximum atomic E-state index is 10.2. The smallest absolute Gasteiger partial charge is 0.152 e. The average molecular weight is 574 g/mol. The summed E-state index contributed by atoms with van der Waals surface area (Å²) in [6, 6.07) is 1.85. The number of fused-ring (bicyclic) bond motifs is 1. The fourth-order valence-corrected chi connectivity index (χ4v) is 7.89. The zero-order valence-corrected chi connectivity index (χ0v) is 23.9. The lowest BCUT2D eigenvalue weighted by Crippen LogP contribution is -2.56. The molecule has 3 aromatic heterocycles. The number of anilines is 2. The maximum absolute atomic E-state index is 10.2. The standard InChI is InChI=1S/C26H32ClN7O2S2/c1-25(2,36)15-11-34(12-15)24-20(27)17(3-6-29-24)38-19-10-30-23(16(13-35)32-19)33-7-4-26(5-8-33)9-18-21(22(26)28)31-14-37-18/h3,6,10,14-15,22,35-36H,4-5,7-9,11-13,28H2,1-2H3/t22-/m1/s1. The number of aliphatic hydroxyl groups is 2. The molecule has 0 bridgehead atoms. The van der Waals surface area contributed by atoms with Crippen molar-refractivity contribution in [1.82, 2.24) is 19.9 Å². The van der Waals surface area contributed by atoms with Gasteiger partial charge in [-0.05, 0) is 44.6 Å². The first-order chi connectivity index (χ1) is 18.2. The summed E-state index contributed by atoms with van der Waals surface area (Å²) in [5.41, 5.74) is 9.51. The summed E-state index contributed by atoms with van der Waals surface area (Å²) in [5, 5.41) is 21.6. The van der Waals surface area contributed by atoms with Crippen molar-refractivity contribution in [2.24, 2.45) is 17.1 Å². The Morgan fingerprint density at radius 2 is 1.95 bits per heavy atom. The lowest BCUT2D eigenvalue weighted by Gasteiger charge is -2.46. The van der Waals surface area contributed by atoms with Crippen molar-refractivity contribution in [2.45, 2.75) is 61.3 Å². The van der Waals surface area contributed by atoms with Crippen molar-refractivity contribution >= 4 is 46.3 Å². The highest BCUT2D eigenvalue weighted by Gasteiger charge is 2.48. The largest absolute Gasteiger partial charge is 0.390 e. The first kappa shape index (κ1) is 26.2. The predicted molar refractivity (Wildman–Crippen MR) is 150 cm³/mol. The minimum Gasteiger partial charge on any atom is -0.390 e. The topological polar surface area (TPSA) is 125 Å². The lowest BCUT2D eigenvalue weighted by molar-refractivity contribution is 0.00438. The van der Waals surface area contributed by atoms with Crippen LogP contribution in [-0.2, 0) is 13.0 Å². The number of piperidine rings is 1. The van der Waals surface area contributed by atoms with E-state index in [1.807, 2.05) is 25.4 Å². The molecule has 3 aliphatic rings. The molecule has 0 radical (unpaired) electrons. The van der Waals surface area contributed by atoms with E-state index in [1.165, 1.54) is 16.6 Å². The van der Waals surface area contributed by atoms with Gasteiger partial charge in [-0.2, -0.15) is 0 Å². The number of hydrogen-bond donors (Lipinski definition) is 3. The van der Waals surface area contributed by atoms with Crippen LogP contribution in [-0.4, -0.2) is 61.9 Å². The summed E-state index contributed by atoms with van der Waals surface area (Å²) < 4.78 is 0. The molecule has 0 amide bonds. The van der Waals surface area contributed by atoms with E-state index in [0.717, 1.165) is 48.8 Å². The molecule has 0 aromatic carbocycles. The highest BCUT2D eigenvalue weighted by molar-refractivity contribution is 7.99. The van der Waals surface area contributed by atoms with Gasteiger partial charge in [-0.3, -0.25) is 0 Å². The van der Waals surface area contributed by atoms with Crippen LogP contribution in [0.15, 0.2) is 33.9 Å². The van der Waals surface area contributed by atoms with E-state index in [0.29, 0.717) is 34.6 Å². The quantitative estimate of drug-likeness (QED) is 0.402. The van der Waals surface area contributed by atoms with Crippen LogP contribution >= 0.6 is 34.7 Å². The molecule has 38 heavy (non-hydrogen) atoms. The summed E-state index contributed by atoms with van der Waals surface area (Å²) >= 11 is 9.86. The monoisotopic (exact) mass is 573 g/mol. The highest BCUT2D eigenvalue weighted by atomic mass is 35.5. The van der Waals surface area contributed by atoms with E-state index >= 15 is 0 Å². The van der Waals surface area contributed by atoms with Crippen LogP contribution in [0.25, 0.3) is 0 Å². The van der Waals surface area contributed by atoms with Gasteiger partial charge in [0, 0.05) is 48.1 Å². The third kappa shape index (κ3) is 4.56. The van der Waals surface area contributed by atoms with E-state index in [4.69, 9.17) is 27.3 Å². The van der Waals surface area contributed by atoms with Gasteiger partial charge in [-0.1, -0.05) is 23.4 Å². The molecular formula is C26H32ClN7O2S2. The summed E-state index contributed by atoms with van der Waals surface area (Å²) in [6.07, 6.45) is 6.40. The molecule has 5 heterocycles. The summed E-state index contributed by atoms with van der Waals surface area (Å²) in [7, 11) is 0. The number of pyridine rings is 1. The highest BCUT2D eigenvalue weighted by Crippen LogP contribution is 2.51. The van der Waals surface area contributed by atoms with Gasteiger partial charge in [0.1, 0.15) is 16.5 Å². The lowest BCUT2D eigenvalue weighted by atomic mass is 9.73. The molecule has 4 N–H and O–H groups in total. The van der Waals surface area contributed by atoms with Gasteiger partial charge in [0.15, 0.2) is 5.82 Å². The number of halogens is 1. The summed E-state index contributed by atoms with van der Waals surface area (Å²) in [5.74, 6) is 1.62. The van der Waals surface area contributed by atoms with Crippen LogP contribution < -0.4 is 15.5 Å². The Balaban J connectivity index is 1.14. The SMILES string of the molecule is CC(C)(O)C1CN(c2nccc(Sc3cnc(N4CCC5(CC4)Cc4scnc4[C@H]5N)c(CO)n3)c2Cl)C1. The maximum Gasteiger partial charge on any atom is 0.152 e. The van der Waals surface area contributed by atoms with Gasteiger partial charge in [-0.25, -0.2) is 19.9 Å². The molecule has 1 aliphatic carbocycles. The molecular weight excluding hydrogens is 542 g/mol. The molecule has 0 saturated carbocycles. The van der Waals surface area contributed by atoms with Gasteiger partial charge >= 0.3 is 0 Å². The van der Waals surface area contributed by atoms with Crippen molar-refractivity contribution in [3.05, 3.63) is 45.3 Å². The second kappa shape index (κ2) is 9.87. The number of hydrogen-bond acceptors (Lipinski definition) is 11. The Hall–Kier alpha value is -2.02. The second-order valence-corrected chi connectivity index (χ2v) is 13.5. The van der Waals surface area contributed by atoms with Crippen molar-refractivity contribution in [1.29, 1.82) is 0 Å². The van der Waals surface area contributed by atoms with Gasteiger partial charge in [-0.15, -0.1) is 11.3 Å². The van der Waals surface area contributed by atoms with E-state index < -0.39 is 5.60 Å². The molecule has 1 atom stereocenters. The van der Waals surface area contributed by atoms with Crippen LogP contribution in [0, 0.1) is 11.3 Å². The van der Waals surface area contributed by atoms with Crippen molar-refractivity contribution in [2.75, 3.05) is 36.0 Å². The third-order valence-electron chi connectivity index (χ3n) is 8.38. The number of aliphatic hydroxyl groups excluding tert-OH is 1. The van der Waals surface area contributed by atoms with Crippen LogP contribution in [0.2, 0.25) is 5.02 Å². The molecule has 202 valence electrons. The van der Waals surface area contributed by atoms with E-state index in [1.54, 1.807) is 23.7 Å². The second-order valence-electron chi connectivity index (χ2n) is 11.1. The minimum absolute atomic E-state index is 0.0136. The number of rotatable bonds is 6. The number of nitrogens with two attached hydrogens (primary N) is 1. The summed E-state index contributed by atoms with van der Waals surface area (Å²) in [6.45, 7) is 6.52. The van der Waals surface area contributed by atoms with Crippen molar-refractivity contribution in [3.63, 3.8) is 0 Å². The molecule has 2 saturated heterocycles. The van der Waals surface area contributed by atoms with E-state index in [9.17, 15) is 10.2 Å². The van der Waals surface area contributed by atoms with Crippen LogP contribution in [0.3, 0.4) is 0 Å². The molecule has 9 nitrogen and oxygen atoms in total. The van der Waals surface area contributed by atoms with E-state index in [2.05, 4.69) is 19.8 Å². The first-order valence-corrected chi connectivity index (χ1v) is 15.0. The van der Waals surface area contributed by atoms with Crippen molar-refractivity contribution < 1.29 is 10.2 Å². The van der Waals surface area contributed by atoms with Crippen molar-refractivity contribution in [3.8, 4) is 0 Å². The Labute approximate surface area is 235 Å². The molecule has 6 rings (SSSR count). The third-order valence-corrected chi connectivity index (χ3v) is 10.7. The Morgan fingerprint density at radius 3 is 2.63 bits per heavy atom. The summed E-state index contributed by atoms with van der Waals surface area (Å²) in [4.78, 5) is 24.9.